The average Bonchev–Trinajstić information content (AvgIpc) is 2.86. The highest BCUT2D eigenvalue weighted by atomic mass is 79.9. The molecule has 0 unspecified atom stereocenters. The van der Waals surface area contributed by atoms with Crippen LogP contribution in [0.25, 0.3) is 16.6 Å². The van der Waals surface area contributed by atoms with E-state index in [0.29, 0.717) is 39.7 Å². The zero-order valence-corrected chi connectivity index (χ0v) is 21.0. The number of carbonyl (C=O) groups excluding carboxylic acids is 1. The van der Waals surface area contributed by atoms with Crippen LogP contribution in [0, 0.1) is 0 Å². The number of hydrogen-bond donors (Lipinski definition) is 2. The first kappa shape index (κ1) is 24.5. The first-order valence-corrected chi connectivity index (χ1v) is 12.4. The first-order chi connectivity index (χ1) is 17.0. The molecule has 0 bridgehead atoms. The molecule has 4 aromatic rings. The molecule has 0 radical (unpaired) electrons. The molecule has 8 nitrogen and oxygen atoms in total. The fourth-order valence-corrected chi connectivity index (χ4v) is 4.35. The molecule has 178 valence electrons. The Balaban J connectivity index is 1.53. The fraction of sp³-hybridized carbons (Fsp3) is 0.120. The van der Waals surface area contributed by atoms with Gasteiger partial charge in [-0.1, -0.05) is 45.9 Å². The van der Waals surface area contributed by atoms with Crippen molar-refractivity contribution in [3.8, 4) is 17.2 Å². The van der Waals surface area contributed by atoms with Crippen LogP contribution in [0.2, 0.25) is 0 Å². The van der Waals surface area contributed by atoms with Crippen LogP contribution in [0.3, 0.4) is 0 Å². The zero-order chi connectivity index (χ0) is 24.8. The molecule has 1 aromatic heterocycles. The van der Waals surface area contributed by atoms with Gasteiger partial charge in [-0.25, -0.2) is 10.4 Å². The minimum absolute atomic E-state index is 0.0242. The van der Waals surface area contributed by atoms with Gasteiger partial charge >= 0.3 is 0 Å². The Hall–Kier alpha value is -3.63. The molecule has 0 atom stereocenters. The van der Waals surface area contributed by atoms with Gasteiger partial charge in [0.15, 0.2) is 16.7 Å². The Bertz CT molecular complexity index is 1450. The van der Waals surface area contributed by atoms with Gasteiger partial charge in [0.2, 0.25) is 0 Å². The van der Waals surface area contributed by atoms with E-state index in [1.165, 1.54) is 10.8 Å². The van der Waals surface area contributed by atoms with E-state index in [9.17, 15) is 14.7 Å². The normalized spacial score (nSPS) is 11.1. The highest BCUT2D eigenvalue weighted by Crippen LogP contribution is 2.28. The molecule has 1 amide bonds. The van der Waals surface area contributed by atoms with E-state index in [1.54, 1.807) is 48.5 Å². The first-order valence-electron chi connectivity index (χ1n) is 10.6. The van der Waals surface area contributed by atoms with Gasteiger partial charge in [-0.3, -0.25) is 14.2 Å². The number of halogens is 1. The van der Waals surface area contributed by atoms with Crippen molar-refractivity contribution in [2.75, 3.05) is 12.4 Å². The minimum atomic E-state index is -0.392. The van der Waals surface area contributed by atoms with Crippen LogP contribution in [0.5, 0.6) is 11.5 Å². The van der Waals surface area contributed by atoms with Gasteiger partial charge < -0.3 is 9.84 Å². The van der Waals surface area contributed by atoms with Gasteiger partial charge in [0.05, 0.1) is 35.2 Å². The predicted octanol–water partition coefficient (Wildman–Crippen LogP) is 4.49. The number of rotatable bonds is 8. The molecule has 35 heavy (non-hydrogen) atoms. The molecule has 0 aliphatic carbocycles. The molecule has 0 aliphatic heterocycles. The van der Waals surface area contributed by atoms with Crippen LogP contribution in [-0.2, 0) is 4.79 Å². The van der Waals surface area contributed by atoms with Crippen LogP contribution < -0.4 is 15.7 Å². The molecule has 3 aromatic carbocycles. The maximum absolute atomic E-state index is 13.3. The summed E-state index contributed by atoms with van der Waals surface area (Å²) in [5, 5.41) is 15.0. The van der Waals surface area contributed by atoms with Crippen molar-refractivity contribution in [3.05, 3.63) is 87.1 Å². The number of nitrogens with one attached hydrogen (secondary N) is 1. The third kappa shape index (κ3) is 5.72. The number of phenolic OH excluding ortho intramolecular Hbond substituents is 1. The lowest BCUT2D eigenvalue weighted by Crippen LogP contribution is -2.24. The molecule has 0 saturated heterocycles. The number of ether oxygens (including phenoxy) is 1. The molecule has 4 rings (SSSR count). The highest BCUT2D eigenvalue weighted by Gasteiger charge is 2.15. The van der Waals surface area contributed by atoms with E-state index in [0.717, 1.165) is 16.2 Å². The highest BCUT2D eigenvalue weighted by molar-refractivity contribution is 9.10. The Morgan fingerprint density at radius 3 is 2.71 bits per heavy atom. The van der Waals surface area contributed by atoms with Crippen LogP contribution >= 0.6 is 27.7 Å². The number of carbonyl (C=O) groups is 1. The predicted molar refractivity (Wildman–Crippen MR) is 141 cm³/mol. The van der Waals surface area contributed by atoms with E-state index in [2.05, 4.69) is 31.4 Å². The maximum Gasteiger partial charge on any atom is 0.266 e. The summed E-state index contributed by atoms with van der Waals surface area (Å²) in [5.74, 6) is -0.132. The summed E-state index contributed by atoms with van der Waals surface area (Å²) in [5.41, 5.74) is 3.82. The number of hydrazone groups is 1. The lowest BCUT2D eigenvalue weighted by Gasteiger charge is -2.13. The standard InChI is InChI=1S/C25H21BrN4O4S/c1-2-34-21-9-5-6-16(23(21)32)14-27-29-22(31)15-35-25-28-20-8-4-3-7-19(20)24(33)30(25)18-12-10-17(26)11-13-18/h3-14,32H,2,15H2,1H3,(H,29,31). The van der Waals surface area contributed by atoms with Crippen molar-refractivity contribution < 1.29 is 14.6 Å². The summed E-state index contributed by atoms with van der Waals surface area (Å²) in [6, 6.07) is 19.4. The molecule has 0 fully saturated rings. The van der Waals surface area contributed by atoms with E-state index >= 15 is 0 Å². The molecule has 10 heteroatoms. The summed E-state index contributed by atoms with van der Waals surface area (Å²) >= 11 is 4.53. The largest absolute Gasteiger partial charge is 0.504 e. The number of aromatic hydroxyl groups is 1. The van der Waals surface area contributed by atoms with Crippen LogP contribution in [0.4, 0.5) is 0 Å². The molecule has 0 saturated carbocycles. The fourth-order valence-electron chi connectivity index (χ4n) is 3.28. The van der Waals surface area contributed by atoms with Gasteiger partial charge in [-0.15, -0.1) is 0 Å². The van der Waals surface area contributed by atoms with Gasteiger partial charge in [-0.05, 0) is 55.5 Å². The van der Waals surface area contributed by atoms with Crippen LogP contribution in [0.15, 0.2) is 86.3 Å². The number of phenols is 1. The SMILES string of the molecule is CCOc1cccc(C=NNC(=O)CSc2nc3ccccc3c(=O)n2-c2ccc(Br)cc2)c1O. The lowest BCUT2D eigenvalue weighted by atomic mass is 10.2. The quantitative estimate of drug-likeness (QED) is 0.144. The molecule has 0 aliphatic rings. The van der Waals surface area contributed by atoms with Gasteiger partial charge in [0, 0.05) is 10.0 Å². The number of thioether (sulfide) groups is 1. The summed E-state index contributed by atoms with van der Waals surface area (Å²) < 4.78 is 7.72. The molecular formula is C25H21BrN4O4S. The van der Waals surface area contributed by atoms with Crippen molar-refractivity contribution in [2.45, 2.75) is 12.1 Å². The second kappa shape index (κ2) is 11.2. The molecule has 2 N–H and O–H groups in total. The van der Waals surface area contributed by atoms with Crippen molar-refractivity contribution in [1.82, 2.24) is 15.0 Å². The Morgan fingerprint density at radius 1 is 1.17 bits per heavy atom. The second-order valence-corrected chi connectivity index (χ2v) is 9.10. The van der Waals surface area contributed by atoms with Gasteiger partial charge in [0.1, 0.15) is 0 Å². The number of fused-ring (bicyclic) bond motifs is 1. The summed E-state index contributed by atoms with van der Waals surface area (Å²) in [4.78, 5) is 30.3. The van der Waals surface area contributed by atoms with Gasteiger partial charge in [0.25, 0.3) is 11.5 Å². The second-order valence-electron chi connectivity index (χ2n) is 7.24. The van der Waals surface area contributed by atoms with Gasteiger partial charge in [-0.2, -0.15) is 5.10 Å². The Kier molecular flexibility index (Phi) is 7.84. The molecule has 0 spiro atoms. The smallest absolute Gasteiger partial charge is 0.266 e. The van der Waals surface area contributed by atoms with E-state index in [-0.39, 0.29) is 17.1 Å². The zero-order valence-electron chi connectivity index (χ0n) is 18.6. The number of amides is 1. The maximum atomic E-state index is 13.3. The number of benzene rings is 3. The number of hydrogen-bond acceptors (Lipinski definition) is 7. The Morgan fingerprint density at radius 2 is 1.94 bits per heavy atom. The molecular weight excluding hydrogens is 532 g/mol. The summed E-state index contributed by atoms with van der Waals surface area (Å²) in [6.45, 7) is 2.23. The summed E-state index contributed by atoms with van der Waals surface area (Å²) in [7, 11) is 0. The van der Waals surface area contributed by atoms with E-state index in [4.69, 9.17) is 4.74 Å². The monoisotopic (exact) mass is 552 g/mol. The third-order valence-electron chi connectivity index (χ3n) is 4.89. The number of para-hydroxylation sites is 2. The average molecular weight is 553 g/mol. The van der Waals surface area contributed by atoms with Crippen LogP contribution in [-0.4, -0.2) is 39.1 Å². The Labute approximate surface area is 213 Å². The number of aromatic nitrogens is 2. The van der Waals surface area contributed by atoms with Crippen LogP contribution in [0.1, 0.15) is 12.5 Å². The lowest BCUT2D eigenvalue weighted by molar-refractivity contribution is -0.118. The van der Waals surface area contributed by atoms with Crippen molar-refractivity contribution in [2.24, 2.45) is 5.10 Å². The minimum Gasteiger partial charge on any atom is -0.504 e. The van der Waals surface area contributed by atoms with Crippen molar-refractivity contribution in [3.63, 3.8) is 0 Å². The molecule has 1 heterocycles. The van der Waals surface area contributed by atoms with E-state index < -0.39 is 5.91 Å². The van der Waals surface area contributed by atoms with Crippen molar-refractivity contribution in [1.29, 1.82) is 0 Å². The topological polar surface area (TPSA) is 106 Å². The summed E-state index contributed by atoms with van der Waals surface area (Å²) in [6.07, 6.45) is 1.34. The number of nitrogens with zero attached hydrogens (tertiary/aromatic N) is 3. The van der Waals surface area contributed by atoms with Crippen molar-refractivity contribution >= 4 is 50.7 Å². The third-order valence-corrected chi connectivity index (χ3v) is 6.35. The van der Waals surface area contributed by atoms with E-state index in [1.807, 2.05) is 25.1 Å².